The van der Waals surface area contributed by atoms with Crippen molar-refractivity contribution in [3.8, 4) is 0 Å². The molecule has 1 fully saturated rings. The van der Waals surface area contributed by atoms with E-state index in [1.165, 1.54) is 24.0 Å². The Hall–Kier alpha value is -1.35. The van der Waals surface area contributed by atoms with Gasteiger partial charge in [-0.2, -0.15) is 0 Å². The molecule has 2 rings (SSSR count). The summed E-state index contributed by atoms with van der Waals surface area (Å²) in [4.78, 5) is 10.9. The first kappa shape index (κ1) is 14.1. The van der Waals surface area contributed by atoms with Gasteiger partial charge in [-0.3, -0.25) is 4.79 Å². The zero-order valence-electron chi connectivity index (χ0n) is 11.7. The number of aliphatic carboxylic acids is 1. The Bertz CT molecular complexity index is 421. The third-order valence-electron chi connectivity index (χ3n) is 3.60. The largest absolute Gasteiger partial charge is 0.481 e. The van der Waals surface area contributed by atoms with Crippen molar-refractivity contribution >= 4 is 5.97 Å². The molecule has 104 valence electrons. The van der Waals surface area contributed by atoms with Gasteiger partial charge in [0.1, 0.15) is 0 Å². The molecule has 1 aromatic rings. The Kier molecular flexibility index (Phi) is 4.59. The standard InChI is InChI=1S/C16H23NO2/c1-11(2)13-5-3-12(4-6-13)9-15(10-16(18)19)17-14-7-8-14/h3-6,11,14-15,17H,7-10H2,1-2H3,(H,18,19). The van der Waals surface area contributed by atoms with E-state index in [1.54, 1.807) is 0 Å². The van der Waals surface area contributed by atoms with Crippen LogP contribution in [0.5, 0.6) is 0 Å². The molecule has 0 aromatic heterocycles. The van der Waals surface area contributed by atoms with E-state index in [9.17, 15) is 4.79 Å². The van der Waals surface area contributed by atoms with E-state index < -0.39 is 5.97 Å². The Morgan fingerprint density at radius 2 is 1.95 bits per heavy atom. The summed E-state index contributed by atoms with van der Waals surface area (Å²) in [6.45, 7) is 4.35. The predicted molar refractivity (Wildman–Crippen MR) is 76.4 cm³/mol. The third kappa shape index (κ3) is 4.67. The molecule has 1 aliphatic carbocycles. The second-order valence-corrected chi connectivity index (χ2v) is 5.84. The molecular formula is C16H23NO2. The summed E-state index contributed by atoms with van der Waals surface area (Å²) in [5, 5.41) is 12.4. The summed E-state index contributed by atoms with van der Waals surface area (Å²) in [7, 11) is 0. The first-order valence-corrected chi connectivity index (χ1v) is 7.11. The number of carboxylic acid groups (broad SMARTS) is 1. The van der Waals surface area contributed by atoms with Crippen LogP contribution in [0.25, 0.3) is 0 Å². The molecule has 19 heavy (non-hydrogen) atoms. The molecule has 0 aliphatic heterocycles. The van der Waals surface area contributed by atoms with Gasteiger partial charge in [-0.15, -0.1) is 0 Å². The van der Waals surface area contributed by atoms with Crippen molar-refractivity contribution in [2.24, 2.45) is 0 Å². The average molecular weight is 261 g/mol. The van der Waals surface area contributed by atoms with E-state index in [0.717, 1.165) is 6.42 Å². The molecule has 1 saturated carbocycles. The number of benzene rings is 1. The van der Waals surface area contributed by atoms with Gasteiger partial charge in [0.2, 0.25) is 0 Å². The SMILES string of the molecule is CC(C)c1ccc(CC(CC(=O)O)NC2CC2)cc1. The van der Waals surface area contributed by atoms with Crippen molar-refractivity contribution in [2.45, 2.75) is 57.5 Å². The molecule has 3 heteroatoms. The number of rotatable bonds is 7. The van der Waals surface area contributed by atoms with E-state index in [-0.39, 0.29) is 12.5 Å². The van der Waals surface area contributed by atoms with Gasteiger partial charge in [0.25, 0.3) is 0 Å². The molecule has 1 aromatic carbocycles. The summed E-state index contributed by atoms with van der Waals surface area (Å²) in [5.41, 5.74) is 2.54. The molecule has 3 nitrogen and oxygen atoms in total. The van der Waals surface area contributed by atoms with Crippen LogP contribution in [0.1, 0.15) is 50.2 Å². The fraction of sp³-hybridized carbons (Fsp3) is 0.562. The minimum atomic E-state index is -0.725. The molecule has 1 atom stereocenters. The van der Waals surface area contributed by atoms with Crippen molar-refractivity contribution in [2.75, 3.05) is 0 Å². The van der Waals surface area contributed by atoms with Gasteiger partial charge >= 0.3 is 5.97 Å². The number of carbonyl (C=O) groups is 1. The smallest absolute Gasteiger partial charge is 0.304 e. The fourth-order valence-electron chi connectivity index (χ4n) is 2.31. The molecule has 0 spiro atoms. The maximum atomic E-state index is 10.9. The summed E-state index contributed by atoms with van der Waals surface area (Å²) in [6.07, 6.45) is 3.36. The fourth-order valence-corrected chi connectivity index (χ4v) is 2.31. The van der Waals surface area contributed by atoms with Gasteiger partial charge < -0.3 is 10.4 Å². The number of hydrogen-bond acceptors (Lipinski definition) is 2. The normalized spacial score (nSPS) is 16.6. The quantitative estimate of drug-likeness (QED) is 0.793. The van der Waals surface area contributed by atoms with Gasteiger partial charge in [-0.05, 0) is 36.3 Å². The van der Waals surface area contributed by atoms with Crippen molar-refractivity contribution in [3.05, 3.63) is 35.4 Å². The highest BCUT2D eigenvalue weighted by Gasteiger charge is 2.25. The van der Waals surface area contributed by atoms with Gasteiger partial charge in [0, 0.05) is 12.1 Å². The molecule has 0 bridgehead atoms. The van der Waals surface area contributed by atoms with Crippen LogP contribution in [0, 0.1) is 0 Å². The molecule has 1 unspecified atom stereocenters. The highest BCUT2D eigenvalue weighted by Crippen LogP contribution is 2.21. The second kappa shape index (κ2) is 6.20. The van der Waals surface area contributed by atoms with Gasteiger partial charge in [-0.1, -0.05) is 38.1 Å². The summed E-state index contributed by atoms with van der Waals surface area (Å²) in [5.74, 6) is -0.189. The van der Waals surface area contributed by atoms with Crippen LogP contribution in [-0.4, -0.2) is 23.2 Å². The van der Waals surface area contributed by atoms with Crippen LogP contribution in [0.2, 0.25) is 0 Å². The van der Waals surface area contributed by atoms with Crippen LogP contribution in [-0.2, 0) is 11.2 Å². The Morgan fingerprint density at radius 1 is 1.32 bits per heavy atom. The highest BCUT2D eigenvalue weighted by atomic mass is 16.4. The lowest BCUT2D eigenvalue weighted by Gasteiger charge is -2.17. The van der Waals surface area contributed by atoms with Crippen LogP contribution in [0.15, 0.2) is 24.3 Å². The summed E-state index contributed by atoms with van der Waals surface area (Å²) in [6, 6.07) is 9.13. The topological polar surface area (TPSA) is 49.3 Å². The lowest BCUT2D eigenvalue weighted by Crippen LogP contribution is -2.35. The zero-order valence-corrected chi connectivity index (χ0v) is 11.7. The molecule has 0 radical (unpaired) electrons. The Morgan fingerprint density at radius 3 is 2.42 bits per heavy atom. The van der Waals surface area contributed by atoms with E-state index in [0.29, 0.717) is 12.0 Å². The highest BCUT2D eigenvalue weighted by molar-refractivity contribution is 5.67. The predicted octanol–water partition coefficient (Wildman–Crippen LogP) is 2.95. The zero-order chi connectivity index (χ0) is 13.8. The van der Waals surface area contributed by atoms with E-state index in [1.807, 2.05) is 0 Å². The van der Waals surface area contributed by atoms with Gasteiger partial charge in [-0.25, -0.2) is 0 Å². The van der Waals surface area contributed by atoms with Crippen LogP contribution in [0.3, 0.4) is 0 Å². The van der Waals surface area contributed by atoms with Crippen molar-refractivity contribution < 1.29 is 9.90 Å². The van der Waals surface area contributed by atoms with Crippen molar-refractivity contribution in [1.29, 1.82) is 0 Å². The Labute approximate surface area is 115 Å². The minimum Gasteiger partial charge on any atom is -0.481 e. The molecule has 0 saturated heterocycles. The van der Waals surface area contributed by atoms with Gasteiger partial charge in [0.05, 0.1) is 6.42 Å². The average Bonchev–Trinajstić information content (AvgIpc) is 3.12. The summed E-state index contributed by atoms with van der Waals surface area (Å²) < 4.78 is 0. The molecule has 1 aliphatic rings. The Balaban J connectivity index is 1.96. The van der Waals surface area contributed by atoms with Crippen LogP contribution >= 0.6 is 0 Å². The maximum Gasteiger partial charge on any atom is 0.304 e. The minimum absolute atomic E-state index is 0.0508. The number of carboxylic acids is 1. The lowest BCUT2D eigenvalue weighted by atomic mass is 9.98. The summed E-state index contributed by atoms with van der Waals surface area (Å²) >= 11 is 0. The first-order chi connectivity index (χ1) is 9.04. The second-order valence-electron chi connectivity index (χ2n) is 5.84. The molecule has 2 N–H and O–H groups in total. The maximum absolute atomic E-state index is 10.9. The van der Waals surface area contributed by atoms with Gasteiger partial charge in [0.15, 0.2) is 0 Å². The third-order valence-corrected chi connectivity index (χ3v) is 3.60. The van der Waals surface area contributed by atoms with Crippen molar-refractivity contribution in [1.82, 2.24) is 5.32 Å². The van der Waals surface area contributed by atoms with Crippen LogP contribution < -0.4 is 5.32 Å². The number of hydrogen-bond donors (Lipinski definition) is 2. The lowest BCUT2D eigenvalue weighted by molar-refractivity contribution is -0.137. The molecular weight excluding hydrogens is 238 g/mol. The molecule has 0 heterocycles. The van der Waals surface area contributed by atoms with Crippen molar-refractivity contribution in [3.63, 3.8) is 0 Å². The van der Waals surface area contributed by atoms with E-state index >= 15 is 0 Å². The number of nitrogens with one attached hydrogen (secondary N) is 1. The monoisotopic (exact) mass is 261 g/mol. The molecule has 0 amide bonds. The first-order valence-electron chi connectivity index (χ1n) is 7.11. The van der Waals surface area contributed by atoms with E-state index in [2.05, 4.69) is 43.4 Å². The van der Waals surface area contributed by atoms with E-state index in [4.69, 9.17) is 5.11 Å². The van der Waals surface area contributed by atoms with Crippen LogP contribution in [0.4, 0.5) is 0 Å².